The highest BCUT2D eigenvalue weighted by Gasteiger charge is 2.00. The van der Waals surface area contributed by atoms with Crippen LogP contribution in [0.1, 0.15) is 173 Å². The van der Waals surface area contributed by atoms with Gasteiger partial charge >= 0.3 is 0 Å². The lowest BCUT2D eigenvalue weighted by atomic mass is 10.0. The maximum absolute atomic E-state index is 5.89. The van der Waals surface area contributed by atoms with Crippen molar-refractivity contribution in [2.45, 2.75) is 179 Å². The molecule has 0 unspecified atom stereocenters. The zero-order valence-corrected chi connectivity index (χ0v) is 25.8. The molecular formula is C29H60Cl2SSi. The van der Waals surface area contributed by atoms with Gasteiger partial charge in [0.15, 0.2) is 0 Å². The summed E-state index contributed by atoms with van der Waals surface area (Å²) >= 11 is 16.1. The SMILES string of the molecule is SCCCCCCCCCCCCCCCCCCCCCCCCCCCCC[SiH](Cl)Cl. The molecule has 0 saturated carbocycles. The van der Waals surface area contributed by atoms with Gasteiger partial charge in [0.05, 0.1) is 0 Å². The first-order valence-corrected chi connectivity index (χ1v) is 20.1. The Balaban J connectivity index is 3.00. The van der Waals surface area contributed by atoms with E-state index in [1.165, 1.54) is 173 Å². The topological polar surface area (TPSA) is 0 Å². The molecule has 0 atom stereocenters. The highest BCUT2D eigenvalue weighted by atomic mass is 35.7. The molecule has 0 radical (unpaired) electrons. The molecule has 0 spiro atoms. The third-order valence-electron chi connectivity index (χ3n) is 7.08. The van der Waals surface area contributed by atoms with Gasteiger partial charge < -0.3 is 0 Å². The van der Waals surface area contributed by atoms with E-state index in [0.717, 1.165) is 11.8 Å². The Morgan fingerprint density at radius 2 is 0.485 bits per heavy atom. The molecule has 0 nitrogen and oxygen atoms in total. The molecule has 0 N–H and O–H groups in total. The molecule has 0 fully saturated rings. The van der Waals surface area contributed by atoms with Crippen LogP contribution in [0.15, 0.2) is 0 Å². The van der Waals surface area contributed by atoms with Crippen molar-refractivity contribution in [3.05, 3.63) is 0 Å². The highest BCUT2D eigenvalue weighted by Crippen LogP contribution is 2.17. The van der Waals surface area contributed by atoms with Crippen LogP contribution in [0, 0.1) is 0 Å². The van der Waals surface area contributed by atoms with E-state index in [-0.39, 0.29) is 0 Å². The van der Waals surface area contributed by atoms with Crippen molar-refractivity contribution < 1.29 is 0 Å². The summed E-state index contributed by atoms with van der Waals surface area (Å²) in [5.74, 6) is 1.06. The van der Waals surface area contributed by atoms with Crippen LogP contribution in [-0.4, -0.2) is 13.2 Å². The van der Waals surface area contributed by atoms with Gasteiger partial charge in [0.1, 0.15) is 0 Å². The maximum Gasteiger partial charge on any atom is 0.237 e. The molecular weight excluding hydrogens is 479 g/mol. The number of unbranched alkanes of at least 4 members (excludes halogenated alkanes) is 26. The van der Waals surface area contributed by atoms with E-state index in [1.54, 1.807) is 0 Å². The Labute approximate surface area is 226 Å². The van der Waals surface area contributed by atoms with E-state index in [4.69, 9.17) is 22.2 Å². The maximum atomic E-state index is 5.89. The Morgan fingerprint density at radius 3 is 0.667 bits per heavy atom. The van der Waals surface area contributed by atoms with Gasteiger partial charge in [-0.15, -0.1) is 0 Å². The zero-order valence-electron chi connectivity index (χ0n) is 22.3. The molecule has 0 aliphatic rings. The average molecular weight is 540 g/mol. The molecule has 0 heterocycles. The summed E-state index contributed by atoms with van der Waals surface area (Å²) in [7, 11) is -1.33. The third-order valence-corrected chi connectivity index (χ3v) is 9.55. The number of hydrogen-bond donors (Lipinski definition) is 1. The second-order valence-corrected chi connectivity index (χ2v) is 16.1. The summed E-state index contributed by atoms with van der Waals surface area (Å²) in [4.78, 5) is 0. The lowest BCUT2D eigenvalue weighted by molar-refractivity contribution is 0.515. The number of rotatable bonds is 29. The molecule has 4 heteroatoms. The fourth-order valence-corrected chi connectivity index (χ4v) is 6.58. The van der Waals surface area contributed by atoms with Crippen LogP contribution in [0.5, 0.6) is 0 Å². The monoisotopic (exact) mass is 538 g/mol. The van der Waals surface area contributed by atoms with Gasteiger partial charge in [-0.1, -0.05) is 167 Å². The van der Waals surface area contributed by atoms with Crippen LogP contribution in [0.2, 0.25) is 6.04 Å². The van der Waals surface area contributed by atoms with E-state index in [9.17, 15) is 0 Å². The van der Waals surface area contributed by atoms with Crippen molar-refractivity contribution in [1.29, 1.82) is 0 Å². The molecule has 0 rings (SSSR count). The van der Waals surface area contributed by atoms with Crippen molar-refractivity contribution in [2.24, 2.45) is 0 Å². The van der Waals surface area contributed by atoms with Gasteiger partial charge in [0.25, 0.3) is 0 Å². The van der Waals surface area contributed by atoms with E-state index in [1.807, 2.05) is 0 Å². The van der Waals surface area contributed by atoms with Crippen LogP contribution in [0.4, 0.5) is 0 Å². The van der Waals surface area contributed by atoms with Crippen molar-refractivity contribution >= 4 is 42.2 Å². The molecule has 33 heavy (non-hydrogen) atoms. The second-order valence-electron chi connectivity index (χ2n) is 10.4. The van der Waals surface area contributed by atoms with Crippen molar-refractivity contribution in [3.63, 3.8) is 0 Å². The Bertz CT molecular complexity index is 342. The normalized spacial score (nSPS) is 11.6. The van der Waals surface area contributed by atoms with Crippen LogP contribution in [0.3, 0.4) is 0 Å². The van der Waals surface area contributed by atoms with Crippen LogP contribution < -0.4 is 0 Å². The van der Waals surface area contributed by atoms with Crippen molar-refractivity contribution in [3.8, 4) is 0 Å². The molecule has 0 saturated heterocycles. The van der Waals surface area contributed by atoms with Gasteiger partial charge in [-0.3, -0.25) is 0 Å². The van der Waals surface area contributed by atoms with Crippen molar-refractivity contribution in [1.82, 2.24) is 0 Å². The minimum absolute atomic E-state index is 1.06. The predicted molar refractivity (Wildman–Crippen MR) is 162 cm³/mol. The molecule has 0 aliphatic heterocycles. The molecule has 0 aromatic rings. The summed E-state index contributed by atoms with van der Waals surface area (Å²) in [6.45, 7) is 0. The Hall–Kier alpha value is 1.15. The van der Waals surface area contributed by atoms with Gasteiger partial charge in [0, 0.05) is 0 Å². The molecule has 0 bridgehead atoms. The summed E-state index contributed by atoms with van der Waals surface area (Å²) in [6, 6.07) is 1.10. The summed E-state index contributed by atoms with van der Waals surface area (Å²) in [6.07, 6.45) is 38.8. The molecule has 0 aliphatic carbocycles. The largest absolute Gasteiger partial charge is 0.237 e. The van der Waals surface area contributed by atoms with Crippen LogP contribution in [0.25, 0.3) is 0 Å². The Kier molecular flexibility index (Phi) is 32.3. The smallest absolute Gasteiger partial charge is 0.179 e. The fraction of sp³-hybridized carbons (Fsp3) is 1.00. The number of hydrogen-bond acceptors (Lipinski definition) is 1. The minimum atomic E-state index is -1.33. The lowest BCUT2D eigenvalue weighted by Crippen LogP contribution is -1.91. The molecule has 200 valence electrons. The fourth-order valence-electron chi connectivity index (χ4n) is 4.83. The van der Waals surface area contributed by atoms with Crippen LogP contribution in [-0.2, 0) is 0 Å². The van der Waals surface area contributed by atoms with E-state index >= 15 is 0 Å². The third kappa shape index (κ3) is 33.1. The Morgan fingerprint density at radius 1 is 0.303 bits per heavy atom. The predicted octanol–water partition coefficient (Wildman–Crippen LogP) is 12.1. The van der Waals surface area contributed by atoms with E-state index in [0.29, 0.717) is 0 Å². The van der Waals surface area contributed by atoms with E-state index < -0.39 is 7.42 Å². The van der Waals surface area contributed by atoms with Gasteiger partial charge in [-0.25, -0.2) is 0 Å². The van der Waals surface area contributed by atoms with E-state index in [2.05, 4.69) is 12.6 Å². The van der Waals surface area contributed by atoms with Crippen molar-refractivity contribution in [2.75, 3.05) is 5.75 Å². The first-order chi connectivity index (χ1) is 16.3. The summed E-state index contributed by atoms with van der Waals surface area (Å²) in [5.41, 5.74) is 0. The first-order valence-electron chi connectivity index (χ1n) is 15.2. The summed E-state index contributed by atoms with van der Waals surface area (Å²) in [5, 5.41) is 0. The highest BCUT2D eigenvalue weighted by molar-refractivity contribution is 7.80. The number of halogens is 2. The van der Waals surface area contributed by atoms with Gasteiger partial charge in [-0.05, 0) is 18.2 Å². The first kappa shape index (κ1) is 34.1. The average Bonchev–Trinajstić information content (AvgIpc) is 2.80. The van der Waals surface area contributed by atoms with Gasteiger partial charge in [0.2, 0.25) is 7.42 Å². The number of thiol groups is 1. The molecule has 0 amide bonds. The molecule has 0 aromatic carbocycles. The van der Waals surface area contributed by atoms with Crippen LogP contribution >= 0.6 is 34.8 Å². The quantitative estimate of drug-likeness (QED) is 0.0415. The zero-order chi connectivity index (χ0) is 24.1. The molecule has 0 aromatic heterocycles. The lowest BCUT2D eigenvalue weighted by Gasteiger charge is -2.04. The standard InChI is InChI=1S/C29H60Cl2SSi/c30-33(31)29-27-25-23-21-19-17-15-13-11-9-7-5-3-1-2-4-6-8-10-12-14-16-18-20-22-24-26-28-32/h32-33H,1-29H2. The minimum Gasteiger partial charge on any atom is -0.179 e. The summed E-state index contributed by atoms with van der Waals surface area (Å²) < 4.78 is 0. The second kappa shape index (κ2) is 31.2. The van der Waals surface area contributed by atoms with Gasteiger partial charge in [-0.2, -0.15) is 34.8 Å².